The number of terminal acetylenes is 1. The summed E-state index contributed by atoms with van der Waals surface area (Å²) in [7, 11) is -4.04. The molecule has 0 fully saturated rings. The predicted octanol–water partition coefficient (Wildman–Crippen LogP) is 7.76. The van der Waals surface area contributed by atoms with Gasteiger partial charge in [-0.2, -0.15) is 0 Å². The Balaban J connectivity index is 3.48. The maximum absolute atomic E-state index is 6.93. The molecule has 0 N–H and O–H groups in total. The summed E-state index contributed by atoms with van der Waals surface area (Å²) in [6.07, 6.45) is 8.07. The predicted molar refractivity (Wildman–Crippen MR) is 137 cm³/mol. The standard InChI is InChI=1S/C26H44O2Si2/c1-13-18-23(28-30(11,12)26(6,7)8)24(21-19-16-15-17-20-21)22(14-2)27-29(9,10)25(3,4)5/h1,14-17,19-20,22-24H,2,18H2,3-12H3/t22-,23-,24+/m1/s1. The molecule has 0 saturated heterocycles. The minimum atomic E-state index is -2.03. The van der Waals surface area contributed by atoms with E-state index in [0.717, 1.165) is 0 Å². The molecule has 168 valence electrons. The Labute approximate surface area is 188 Å². The quantitative estimate of drug-likeness (QED) is 0.220. The summed E-state index contributed by atoms with van der Waals surface area (Å²) in [6, 6.07) is 10.5. The molecule has 1 rings (SSSR count). The van der Waals surface area contributed by atoms with Crippen LogP contribution in [0.15, 0.2) is 43.0 Å². The zero-order chi connectivity index (χ0) is 23.4. The van der Waals surface area contributed by atoms with E-state index in [1.54, 1.807) is 0 Å². The molecule has 30 heavy (non-hydrogen) atoms. The van der Waals surface area contributed by atoms with Gasteiger partial charge in [0.1, 0.15) is 0 Å². The Morgan fingerprint density at radius 2 is 1.40 bits per heavy atom. The minimum Gasteiger partial charge on any atom is -0.412 e. The van der Waals surface area contributed by atoms with Crippen molar-refractivity contribution in [2.24, 2.45) is 0 Å². The summed E-state index contributed by atoms with van der Waals surface area (Å²) in [6.45, 7) is 26.9. The molecule has 0 heterocycles. The summed E-state index contributed by atoms with van der Waals surface area (Å²) in [4.78, 5) is 0. The smallest absolute Gasteiger partial charge is 0.192 e. The highest BCUT2D eigenvalue weighted by Gasteiger charge is 2.45. The van der Waals surface area contributed by atoms with Gasteiger partial charge in [0.25, 0.3) is 0 Å². The van der Waals surface area contributed by atoms with Gasteiger partial charge in [-0.05, 0) is 41.8 Å². The highest BCUT2D eigenvalue weighted by atomic mass is 28.4. The first-order valence-electron chi connectivity index (χ1n) is 11.0. The van der Waals surface area contributed by atoms with Crippen LogP contribution in [0, 0.1) is 12.3 Å². The third-order valence-corrected chi connectivity index (χ3v) is 16.0. The van der Waals surface area contributed by atoms with Crippen LogP contribution in [0.3, 0.4) is 0 Å². The molecular weight excluding hydrogens is 400 g/mol. The molecule has 0 bridgehead atoms. The molecule has 0 unspecified atom stereocenters. The van der Waals surface area contributed by atoms with Gasteiger partial charge in [0.2, 0.25) is 0 Å². The second-order valence-corrected chi connectivity index (χ2v) is 20.9. The summed E-state index contributed by atoms with van der Waals surface area (Å²) in [5, 5.41) is 0.211. The fraction of sp³-hybridized carbons (Fsp3) is 0.615. The first kappa shape index (κ1) is 26.9. The van der Waals surface area contributed by atoms with Crippen LogP contribution in [0.4, 0.5) is 0 Å². The Kier molecular flexibility index (Phi) is 8.97. The van der Waals surface area contributed by atoms with E-state index in [1.807, 2.05) is 12.1 Å². The van der Waals surface area contributed by atoms with Gasteiger partial charge in [-0.1, -0.05) is 78.0 Å². The van der Waals surface area contributed by atoms with Crippen LogP contribution in [-0.2, 0) is 8.85 Å². The van der Waals surface area contributed by atoms with Crippen molar-refractivity contribution in [2.45, 2.75) is 102 Å². The van der Waals surface area contributed by atoms with Gasteiger partial charge >= 0.3 is 0 Å². The number of rotatable bonds is 9. The van der Waals surface area contributed by atoms with Gasteiger partial charge in [-0.25, -0.2) is 0 Å². The van der Waals surface area contributed by atoms with Crippen molar-refractivity contribution in [1.29, 1.82) is 0 Å². The van der Waals surface area contributed by atoms with Crippen molar-refractivity contribution < 1.29 is 8.85 Å². The number of hydrogen-bond donors (Lipinski definition) is 0. The molecule has 1 aromatic carbocycles. The van der Waals surface area contributed by atoms with Crippen LogP contribution in [0.2, 0.25) is 36.3 Å². The molecule has 3 atom stereocenters. The van der Waals surface area contributed by atoms with E-state index in [0.29, 0.717) is 6.42 Å². The van der Waals surface area contributed by atoms with Crippen molar-refractivity contribution in [3.63, 3.8) is 0 Å². The van der Waals surface area contributed by atoms with E-state index in [4.69, 9.17) is 15.3 Å². The fourth-order valence-corrected chi connectivity index (χ4v) is 5.61. The van der Waals surface area contributed by atoms with Gasteiger partial charge < -0.3 is 8.85 Å². The van der Waals surface area contributed by atoms with E-state index in [2.05, 4.69) is 104 Å². The number of benzene rings is 1. The first-order valence-corrected chi connectivity index (χ1v) is 16.9. The topological polar surface area (TPSA) is 18.5 Å². The van der Waals surface area contributed by atoms with Crippen molar-refractivity contribution in [1.82, 2.24) is 0 Å². The normalized spacial score (nSPS) is 16.4. The molecule has 0 aliphatic carbocycles. The third-order valence-electron chi connectivity index (χ3n) is 6.98. The van der Waals surface area contributed by atoms with Gasteiger partial charge in [-0.3, -0.25) is 0 Å². The van der Waals surface area contributed by atoms with Crippen LogP contribution in [0.1, 0.15) is 59.4 Å². The average molecular weight is 445 g/mol. The fourth-order valence-electron chi connectivity index (χ4n) is 2.99. The number of hydrogen-bond acceptors (Lipinski definition) is 2. The maximum Gasteiger partial charge on any atom is 0.192 e. The monoisotopic (exact) mass is 444 g/mol. The van der Waals surface area contributed by atoms with Gasteiger partial charge in [0, 0.05) is 12.3 Å². The molecule has 2 nitrogen and oxygen atoms in total. The summed E-state index contributed by atoms with van der Waals surface area (Å²) >= 11 is 0. The molecule has 4 heteroatoms. The van der Waals surface area contributed by atoms with E-state index < -0.39 is 16.6 Å². The summed E-state index contributed by atoms with van der Waals surface area (Å²) < 4.78 is 13.8. The second kappa shape index (κ2) is 10.00. The highest BCUT2D eigenvalue weighted by molar-refractivity contribution is 6.74. The molecule has 1 aromatic rings. The summed E-state index contributed by atoms with van der Waals surface area (Å²) in [5.41, 5.74) is 1.19. The molecule has 0 aromatic heterocycles. The van der Waals surface area contributed by atoms with Crippen LogP contribution in [0.5, 0.6) is 0 Å². The lowest BCUT2D eigenvalue weighted by Crippen LogP contribution is -2.50. The Bertz CT molecular complexity index is 718. The highest BCUT2D eigenvalue weighted by Crippen LogP contribution is 2.43. The Morgan fingerprint density at radius 1 is 0.933 bits per heavy atom. The van der Waals surface area contributed by atoms with Crippen LogP contribution >= 0.6 is 0 Å². The Hall–Kier alpha value is -1.13. The van der Waals surface area contributed by atoms with Crippen LogP contribution in [-0.4, -0.2) is 28.8 Å². The van der Waals surface area contributed by atoms with Crippen molar-refractivity contribution >= 4 is 16.6 Å². The summed E-state index contributed by atoms with van der Waals surface area (Å²) in [5.74, 6) is 2.89. The largest absolute Gasteiger partial charge is 0.412 e. The van der Waals surface area contributed by atoms with E-state index >= 15 is 0 Å². The van der Waals surface area contributed by atoms with Crippen LogP contribution < -0.4 is 0 Å². The van der Waals surface area contributed by atoms with E-state index in [-0.39, 0.29) is 28.2 Å². The molecule has 0 saturated carbocycles. The molecular formula is C26H44O2Si2. The molecule has 0 spiro atoms. The molecule has 0 aliphatic rings. The molecule has 0 amide bonds. The zero-order valence-electron chi connectivity index (χ0n) is 21.0. The molecule has 0 radical (unpaired) electrons. The van der Waals surface area contributed by atoms with Gasteiger partial charge in [0.15, 0.2) is 16.6 Å². The van der Waals surface area contributed by atoms with Crippen molar-refractivity contribution in [3.8, 4) is 12.3 Å². The molecule has 0 aliphatic heterocycles. The lowest BCUT2D eigenvalue weighted by atomic mass is 9.87. The SMILES string of the molecule is C#CC[C@@H](O[Si](C)(C)C(C)(C)C)[C@@H](c1ccccc1)[C@@H](C=C)O[Si](C)(C)C(C)(C)C. The second-order valence-electron chi connectivity index (χ2n) is 11.3. The lowest BCUT2D eigenvalue weighted by Gasteiger charge is -2.45. The van der Waals surface area contributed by atoms with Gasteiger partial charge in [0.05, 0.1) is 12.2 Å². The lowest BCUT2D eigenvalue weighted by molar-refractivity contribution is 0.0901. The van der Waals surface area contributed by atoms with Gasteiger partial charge in [-0.15, -0.1) is 18.9 Å². The average Bonchev–Trinajstić information content (AvgIpc) is 2.59. The Morgan fingerprint density at radius 3 is 1.80 bits per heavy atom. The zero-order valence-corrected chi connectivity index (χ0v) is 23.0. The third kappa shape index (κ3) is 6.69. The first-order chi connectivity index (χ1) is 13.6. The van der Waals surface area contributed by atoms with E-state index in [9.17, 15) is 0 Å². The van der Waals surface area contributed by atoms with Crippen LogP contribution in [0.25, 0.3) is 0 Å². The maximum atomic E-state index is 6.93. The minimum absolute atomic E-state index is 0.00278. The van der Waals surface area contributed by atoms with Crippen molar-refractivity contribution in [3.05, 3.63) is 48.6 Å². The van der Waals surface area contributed by atoms with E-state index in [1.165, 1.54) is 5.56 Å². The van der Waals surface area contributed by atoms with Crippen molar-refractivity contribution in [2.75, 3.05) is 0 Å².